The third-order valence-electron chi connectivity index (χ3n) is 2.03. The first-order valence-electron chi connectivity index (χ1n) is 3.89. The van der Waals surface area contributed by atoms with Gasteiger partial charge in [0.25, 0.3) is 0 Å². The number of hydrogen-bond donors (Lipinski definition) is 1. The van der Waals surface area contributed by atoms with Gasteiger partial charge in [0.05, 0.1) is 6.04 Å². The molecular formula is C8H17NO. The van der Waals surface area contributed by atoms with Crippen molar-refractivity contribution in [2.75, 3.05) is 0 Å². The van der Waals surface area contributed by atoms with Gasteiger partial charge in [-0.2, -0.15) is 0 Å². The number of carbonyl (C=O) groups is 1. The third-order valence-corrected chi connectivity index (χ3v) is 2.03. The van der Waals surface area contributed by atoms with Crippen LogP contribution >= 0.6 is 0 Å². The molecule has 0 aliphatic rings. The van der Waals surface area contributed by atoms with Crippen molar-refractivity contribution >= 4 is 5.78 Å². The summed E-state index contributed by atoms with van der Waals surface area (Å²) in [5.41, 5.74) is 5.63. The van der Waals surface area contributed by atoms with E-state index in [4.69, 9.17) is 5.73 Å². The van der Waals surface area contributed by atoms with Crippen molar-refractivity contribution in [2.45, 2.75) is 39.7 Å². The molecule has 60 valence electrons. The molecule has 0 fully saturated rings. The Balaban J connectivity index is 3.88. The maximum atomic E-state index is 10.8. The van der Waals surface area contributed by atoms with Crippen LogP contribution in [0.4, 0.5) is 0 Å². The third kappa shape index (κ3) is 2.48. The van der Waals surface area contributed by atoms with Crippen LogP contribution in [0.2, 0.25) is 0 Å². The van der Waals surface area contributed by atoms with Crippen LogP contribution in [0.15, 0.2) is 0 Å². The Morgan fingerprint density at radius 2 is 1.80 bits per heavy atom. The highest BCUT2D eigenvalue weighted by molar-refractivity contribution is 5.81. The summed E-state index contributed by atoms with van der Waals surface area (Å²) >= 11 is 0. The standard InChI is InChI=1S/C8H17NO/c1-4-7(5-2)8(9)6(3)10/h7-8H,4-5,9H2,1-3H3/t8-/m0/s1. The number of Topliss-reactive ketones (excluding diaryl/α,β-unsaturated/α-hetero) is 1. The Labute approximate surface area is 62.8 Å². The summed E-state index contributed by atoms with van der Waals surface area (Å²) in [5.74, 6) is 0.478. The molecule has 0 bridgehead atoms. The lowest BCUT2D eigenvalue weighted by Crippen LogP contribution is -2.35. The summed E-state index contributed by atoms with van der Waals surface area (Å²) in [5, 5.41) is 0. The van der Waals surface area contributed by atoms with Crippen molar-refractivity contribution in [2.24, 2.45) is 11.7 Å². The van der Waals surface area contributed by atoms with Gasteiger partial charge in [0.2, 0.25) is 0 Å². The number of carbonyl (C=O) groups excluding carboxylic acids is 1. The van der Waals surface area contributed by atoms with Gasteiger partial charge in [-0.25, -0.2) is 0 Å². The maximum absolute atomic E-state index is 10.8. The molecule has 0 aromatic heterocycles. The zero-order valence-corrected chi connectivity index (χ0v) is 7.05. The van der Waals surface area contributed by atoms with Gasteiger partial charge < -0.3 is 5.73 Å². The van der Waals surface area contributed by atoms with E-state index in [9.17, 15) is 4.79 Å². The van der Waals surface area contributed by atoms with E-state index in [-0.39, 0.29) is 11.8 Å². The Bertz CT molecular complexity index is 108. The highest BCUT2D eigenvalue weighted by Crippen LogP contribution is 2.11. The molecule has 0 aromatic carbocycles. The quantitative estimate of drug-likeness (QED) is 0.645. The number of ketones is 1. The highest BCUT2D eigenvalue weighted by atomic mass is 16.1. The van der Waals surface area contributed by atoms with Gasteiger partial charge in [0.15, 0.2) is 0 Å². The second kappa shape index (κ2) is 4.45. The zero-order valence-electron chi connectivity index (χ0n) is 7.05. The molecule has 0 saturated carbocycles. The van der Waals surface area contributed by atoms with Gasteiger partial charge in [-0.15, -0.1) is 0 Å². The first kappa shape index (κ1) is 9.63. The molecule has 0 amide bonds. The van der Waals surface area contributed by atoms with Crippen LogP contribution in [0.5, 0.6) is 0 Å². The number of nitrogens with two attached hydrogens (primary N) is 1. The number of rotatable bonds is 4. The van der Waals surface area contributed by atoms with Crippen molar-refractivity contribution in [3.8, 4) is 0 Å². The summed E-state index contributed by atoms with van der Waals surface area (Å²) in [6.07, 6.45) is 1.99. The SMILES string of the molecule is CCC(CC)[C@@H](N)C(C)=O. The van der Waals surface area contributed by atoms with Gasteiger partial charge in [0.1, 0.15) is 5.78 Å². The van der Waals surface area contributed by atoms with Gasteiger partial charge in [-0.1, -0.05) is 26.7 Å². The van der Waals surface area contributed by atoms with Crippen LogP contribution in [-0.4, -0.2) is 11.8 Å². The normalized spacial score (nSPS) is 13.7. The first-order valence-corrected chi connectivity index (χ1v) is 3.89. The summed E-state index contributed by atoms with van der Waals surface area (Å²) in [6.45, 7) is 5.69. The molecule has 0 radical (unpaired) electrons. The minimum Gasteiger partial charge on any atom is -0.321 e. The predicted octanol–water partition coefficient (Wildman–Crippen LogP) is 1.34. The zero-order chi connectivity index (χ0) is 8.15. The molecule has 0 unspecified atom stereocenters. The minimum atomic E-state index is -0.241. The predicted molar refractivity (Wildman–Crippen MR) is 42.7 cm³/mol. The smallest absolute Gasteiger partial charge is 0.146 e. The molecule has 10 heavy (non-hydrogen) atoms. The van der Waals surface area contributed by atoms with Gasteiger partial charge in [-0.3, -0.25) is 4.79 Å². The molecule has 0 aromatic rings. The molecular weight excluding hydrogens is 126 g/mol. The van der Waals surface area contributed by atoms with E-state index >= 15 is 0 Å². The van der Waals surface area contributed by atoms with Crippen LogP contribution in [0.25, 0.3) is 0 Å². The van der Waals surface area contributed by atoms with Crippen molar-refractivity contribution in [1.82, 2.24) is 0 Å². The summed E-state index contributed by atoms with van der Waals surface area (Å²) in [6, 6.07) is -0.241. The van der Waals surface area contributed by atoms with Gasteiger partial charge in [0, 0.05) is 0 Å². The lowest BCUT2D eigenvalue weighted by Gasteiger charge is -2.17. The van der Waals surface area contributed by atoms with E-state index in [1.807, 2.05) is 0 Å². The Morgan fingerprint density at radius 1 is 1.40 bits per heavy atom. The molecule has 0 heterocycles. The second-order valence-corrected chi connectivity index (χ2v) is 2.71. The van der Waals surface area contributed by atoms with Crippen molar-refractivity contribution < 1.29 is 4.79 Å². The van der Waals surface area contributed by atoms with Crippen LogP contribution in [0.3, 0.4) is 0 Å². The van der Waals surface area contributed by atoms with E-state index < -0.39 is 0 Å². The van der Waals surface area contributed by atoms with Crippen LogP contribution in [-0.2, 0) is 4.79 Å². The highest BCUT2D eigenvalue weighted by Gasteiger charge is 2.17. The van der Waals surface area contributed by atoms with E-state index in [1.165, 1.54) is 0 Å². The van der Waals surface area contributed by atoms with Gasteiger partial charge in [-0.05, 0) is 12.8 Å². The van der Waals surface area contributed by atoms with Crippen molar-refractivity contribution in [3.05, 3.63) is 0 Å². The average molecular weight is 143 g/mol. The topological polar surface area (TPSA) is 43.1 Å². The molecule has 0 rings (SSSR count). The van der Waals surface area contributed by atoms with E-state index in [2.05, 4.69) is 13.8 Å². The fourth-order valence-electron chi connectivity index (χ4n) is 1.13. The maximum Gasteiger partial charge on any atom is 0.146 e. The fraction of sp³-hybridized carbons (Fsp3) is 0.875. The average Bonchev–Trinajstić information content (AvgIpc) is 1.90. The Morgan fingerprint density at radius 3 is 1.90 bits per heavy atom. The van der Waals surface area contributed by atoms with E-state index in [0.29, 0.717) is 5.92 Å². The molecule has 0 aliphatic heterocycles. The Kier molecular flexibility index (Phi) is 4.28. The molecule has 1 atom stereocenters. The number of hydrogen-bond acceptors (Lipinski definition) is 2. The molecule has 0 saturated heterocycles. The molecule has 0 spiro atoms. The lowest BCUT2D eigenvalue weighted by atomic mass is 9.93. The van der Waals surface area contributed by atoms with Crippen LogP contribution in [0, 0.1) is 5.92 Å². The molecule has 2 heteroatoms. The summed E-state index contributed by atoms with van der Waals surface area (Å²) < 4.78 is 0. The monoisotopic (exact) mass is 143 g/mol. The van der Waals surface area contributed by atoms with Crippen molar-refractivity contribution in [3.63, 3.8) is 0 Å². The Hall–Kier alpha value is -0.370. The second-order valence-electron chi connectivity index (χ2n) is 2.71. The molecule has 0 aliphatic carbocycles. The molecule has 2 N–H and O–H groups in total. The van der Waals surface area contributed by atoms with Gasteiger partial charge >= 0.3 is 0 Å². The van der Waals surface area contributed by atoms with E-state index in [0.717, 1.165) is 12.8 Å². The summed E-state index contributed by atoms with van der Waals surface area (Å²) in [7, 11) is 0. The largest absolute Gasteiger partial charge is 0.321 e. The fourth-order valence-corrected chi connectivity index (χ4v) is 1.13. The molecule has 2 nitrogen and oxygen atoms in total. The minimum absolute atomic E-state index is 0.105. The van der Waals surface area contributed by atoms with E-state index in [1.54, 1.807) is 6.92 Å². The van der Waals surface area contributed by atoms with Crippen LogP contribution < -0.4 is 5.73 Å². The lowest BCUT2D eigenvalue weighted by molar-refractivity contribution is -0.119. The van der Waals surface area contributed by atoms with Crippen molar-refractivity contribution in [1.29, 1.82) is 0 Å². The first-order chi connectivity index (χ1) is 4.63. The van der Waals surface area contributed by atoms with Crippen LogP contribution in [0.1, 0.15) is 33.6 Å². The summed E-state index contributed by atoms with van der Waals surface area (Å²) in [4.78, 5) is 10.8.